The molecule has 2 atom stereocenters. The van der Waals surface area contributed by atoms with Gasteiger partial charge in [0.15, 0.2) is 10.2 Å². The molecule has 0 rings (SSSR count). The van der Waals surface area contributed by atoms with Gasteiger partial charge in [0, 0.05) is 29.9 Å². The van der Waals surface area contributed by atoms with Crippen molar-refractivity contribution in [2.24, 2.45) is 5.92 Å². The van der Waals surface area contributed by atoms with E-state index in [1.165, 1.54) is 173 Å². The lowest BCUT2D eigenvalue weighted by molar-refractivity contribution is -0.115. The fraction of sp³-hybridized carbons (Fsp3) is 0.958. The maximum absolute atomic E-state index is 13.2. The van der Waals surface area contributed by atoms with Crippen molar-refractivity contribution in [3.05, 3.63) is 0 Å². The van der Waals surface area contributed by atoms with Crippen LogP contribution in [-0.4, -0.2) is 57.5 Å². The van der Waals surface area contributed by atoms with Crippen molar-refractivity contribution in [2.75, 3.05) is 32.0 Å². The van der Waals surface area contributed by atoms with Crippen LogP contribution < -0.4 is 0 Å². The monoisotopic (exact) mass is 798 g/mol. The van der Waals surface area contributed by atoms with Gasteiger partial charge in [-0.25, -0.2) is 0 Å². The molecule has 0 aromatic heterocycles. The van der Waals surface area contributed by atoms with Gasteiger partial charge in [-0.15, -0.1) is 0 Å². The highest BCUT2D eigenvalue weighted by Crippen LogP contribution is 2.28. The minimum Gasteiger partial charge on any atom is -0.396 e. The topological polar surface area (TPSA) is 57.6 Å². The van der Waals surface area contributed by atoms with Crippen LogP contribution in [0.3, 0.4) is 0 Å². The van der Waals surface area contributed by atoms with E-state index in [-0.39, 0.29) is 12.5 Å². The SMILES string of the molecule is CCCCCCCCC(CCCCCC)SC(=O)CCCCCCN(CCCCO)CCCCCCSC(=O)C(CCCCCC)CCCCCCCC. The number of hydrogen-bond donors (Lipinski definition) is 1. The van der Waals surface area contributed by atoms with Crippen LogP contribution in [0.5, 0.6) is 0 Å². The van der Waals surface area contributed by atoms with E-state index in [1.807, 2.05) is 0 Å². The van der Waals surface area contributed by atoms with Crippen LogP contribution in [0, 0.1) is 5.92 Å². The van der Waals surface area contributed by atoms with Gasteiger partial charge in [0.05, 0.1) is 0 Å². The number of hydrogen-bond acceptors (Lipinski definition) is 6. The molecular formula is C48H95NO3S2. The number of aliphatic hydroxyl groups is 1. The smallest absolute Gasteiger partial charge is 0.192 e. The summed E-state index contributed by atoms with van der Waals surface area (Å²) in [5, 5.41) is 10.8. The summed E-state index contributed by atoms with van der Waals surface area (Å²) in [4.78, 5) is 28.7. The zero-order valence-corrected chi connectivity index (χ0v) is 38.6. The summed E-state index contributed by atoms with van der Waals surface area (Å²) >= 11 is 3.33. The Labute approximate surface area is 347 Å². The van der Waals surface area contributed by atoms with E-state index in [9.17, 15) is 14.7 Å². The summed E-state index contributed by atoms with van der Waals surface area (Å²) < 4.78 is 0. The Hall–Kier alpha value is -0.0400. The molecule has 0 aliphatic rings. The Morgan fingerprint density at radius 2 is 0.852 bits per heavy atom. The van der Waals surface area contributed by atoms with Gasteiger partial charge in [0.25, 0.3) is 0 Å². The first-order chi connectivity index (χ1) is 26.5. The van der Waals surface area contributed by atoms with Gasteiger partial charge >= 0.3 is 0 Å². The fourth-order valence-electron chi connectivity index (χ4n) is 7.65. The van der Waals surface area contributed by atoms with Crippen LogP contribution in [0.1, 0.15) is 252 Å². The predicted octanol–water partition coefficient (Wildman–Crippen LogP) is 15.5. The molecular weight excluding hydrogens is 703 g/mol. The summed E-state index contributed by atoms with van der Waals surface area (Å²) in [5.41, 5.74) is 0. The number of thioether (sulfide) groups is 2. The highest BCUT2D eigenvalue weighted by atomic mass is 32.2. The van der Waals surface area contributed by atoms with Gasteiger partial charge < -0.3 is 10.0 Å². The second-order valence-corrected chi connectivity index (χ2v) is 19.1. The Bertz CT molecular complexity index is 781. The molecule has 0 aliphatic carbocycles. The van der Waals surface area contributed by atoms with Crippen LogP contribution in [-0.2, 0) is 9.59 Å². The Balaban J connectivity index is 4.37. The normalized spacial score (nSPS) is 12.9. The van der Waals surface area contributed by atoms with Gasteiger partial charge in [-0.2, -0.15) is 0 Å². The van der Waals surface area contributed by atoms with Crippen LogP contribution in [0.25, 0.3) is 0 Å². The van der Waals surface area contributed by atoms with E-state index in [4.69, 9.17) is 0 Å². The number of rotatable bonds is 44. The maximum Gasteiger partial charge on any atom is 0.192 e. The quantitative estimate of drug-likeness (QED) is 0.0620. The lowest BCUT2D eigenvalue weighted by Gasteiger charge is -2.22. The number of carbonyl (C=O) groups excluding carboxylic acids is 2. The van der Waals surface area contributed by atoms with Gasteiger partial charge in [-0.3, -0.25) is 9.59 Å². The van der Waals surface area contributed by atoms with Gasteiger partial charge in [-0.1, -0.05) is 205 Å². The molecule has 0 spiro atoms. The Morgan fingerprint density at radius 3 is 1.35 bits per heavy atom. The molecule has 0 heterocycles. The highest BCUT2D eigenvalue weighted by Gasteiger charge is 2.18. The fourth-order valence-corrected chi connectivity index (χ4v) is 9.87. The average Bonchev–Trinajstić information content (AvgIpc) is 3.17. The zero-order chi connectivity index (χ0) is 39.6. The van der Waals surface area contributed by atoms with Gasteiger partial charge in [-0.05, 0) is 83.8 Å². The van der Waals surface area contributed by atoms with Crippen molar-refractivity contribution in [2.45, 2.75) is 258 Å². The lowest BCUT2D eigenvalue weighted by atomic mass is 9.95. The van der Waals surface area contributed by atoms with Crippen molar-refractivity contribution in [3.8, 4) is 0 Å². The second kappa shape index (κ2) is 44.1. The minimum atomic E-state index is 0.280. The third-order valence-electron chi connectivity index (χ3n) is 11.3. The number of nitrogens with zero attached hydrogens (tertiary/aromatic N) is 1. The number of aliphatic hydroxyl groups excluding tert-OH is 1. The molecule has 0 saturated carbocycles. The summed E-state index contributed by atoms with van der Waals surface area (Å²) in [7, 11) is 0. The number of carbonyl (C=O) groups is 2. The molecule has 0 aromatic rings. The Kier molecular flexibility index (Phi) is 44.0. The van der Waals surface area contributed by atoms with Crippen molar-refractivity contribution in [1.82, 2.24) is 4.90 Å². The largest absolute Gasteiger partial charge is 0.396 e. The summed E-state index contributed by atoms with van der Waals surface area (Å²) in [5.74, 6) is 1.27. The van der Waals surface area contributed by atoms with Crippen molar-refractivity contribution in [3.63, 3.8) is 0 Å². The second-order valence-electron chi connectivity index (χ2n) is 16.6. The van der Waals surface area contributed by atoms with Crippen molar-refractivity contribution < 1.29 is 14.7 Å². The minimum absolute atomic E-state index is 0.280. The van der Waals surface area contributed by atoms with Crippen LogP contribution in [0.15, 0.2) is 0 Å². The molecule has 54 heavy (non-hydrogen) atoms. The third-order valence-corrected chi connectivity index (χ3v) is 13.7. The van der Waals surface area contributed by atoms with Crippen LogP contribution in [0.4, 0.5) is 0 Å². The summed E-state index contributed by atoms with van der Waals surface area (Å²) in [6.07, 6.45) is 42.8. The maximum atomic E-state index is 13.2. The molecule has 0 radical (unpaired) electrons. The van der Waals surface area contributed by atoms with Crippen LogP contribution >= 0.6 is 23.5 Å². The molecule has 0 fully saturated rings. The van der Waals surface area contributed by atoms with Crippen molar-refractivity contribution in [1.29, 1.82) is 0 Å². The van der Waals surface area contributed by atoms with E-state index >= 15 is 0 Å². The first-order valence-corrected chi connectivity index (χ1v) is 26.1. The molecule has 322 valence electrons. The Morgan fingerprint density at radius 1 is 0.463 bits per heavy atom. The van der Waals surface area contributed by atoms with E-state index in [2.05, 4.69) is 32.6 Å². The molecule has 2 unspecified atom stereocenters. The lowest BCUT2D eigenvalue weighted by Crippen LogP contribution is -2.27. The predicted molar refractivity (Wildman–Crippen MR) is 245 cm³/mol. The van der Waals surface area contributed by atoms with E-state index in [1.54, 1.807) is 23.5 Å². The van der Waals surface area contributed by atoms with Gasteiger partial charge in [0.1, 0.15) is 0 Å². The molecule has 4 nitrogen and oxygen atoms in total. The molecule has 6 heteroatoms. The zero-order valence-electron chi connectivity index (χ0n) is 37.0. The summed E-state index contributed by atoms with van der Waals surface area (Å²) in [6, 6.07) is 0. The number of unbranched alkanes of at least 4 members (excludes halogenated alkanes) is 23. The van der Waals surface area contributed by atoms with E-state index < -0.39 is 0 Å². The average molecular weight is 798 g/mol. The van der Waals surface area contributed by atoms with Crippen molar-refractivity contribution >= 4 is 33.8 Å². The highest BCUT2D eigenvalue weighted by molar-refractivity contribution is 8.14. The van der Waals surface area contributed by atoms with E-state index in [0.717, 1.165) is 76.8 Å². The molecule has 0 aliphatic heterocycles. The van der Waals surface area contributed by atoms with Gasteiger partial charge in [0.2, 0.25) is 0 Å². The molecule has 1 N–H and O–H groups in total. The molecule has 0 saturated heterocycles. The van der Waals surface area contributed by atoms with Crippen LogP contribution in [0.2, 0.25) is 0 Å². The molecule has 0 aromatic carbocycles. The molecule has 0 bridgehead atoms. The summed E-state index contributed by atoms with van der Waals surface area (Å²) in [6.45, 7) is 12.7. The molecule has 0 amide bonds. The third kappa shape index (κ3) is 37.5. The first kappa shape index (κ1) is 54.0. The van der Waals surface area contributed by atoms with E-state index in [0.29, 0.717) is 15.5 Å². The standard InChI is InChI=1S/C48H95NO3S2/c1-5-9-13-17-19-26-36-45(35-25-15-11-7-3)48(52)53-44-34-24-23-31-41-49(42-32-33-43-50)40-30-22-21-29-39-47(51)54-46(37-27-16-12-8-4)38-28-20-18-14-10-6-2/h45-46,50H,5-44H2,1-4H3. The first-order valence-electron chi connectivity index (χ1n) is 24.2.